The molecule has 3 N–H and O–H groups in total. The van der Waals surface area contributed by atoms with Gasteiger partial charge in [-0.1, -0.05) is 11.6 Å². The van der Waals surface area contributed by atoms with Gasteiger partial charge in [0.1, 0.15) is 4.60 Å². The van der Waals surface area contributed by atoms with Crippen LogP contribution in [0, 0.1) is 0 Å². The highest BCUT2D eigenvalue weighted by Crippen LogP contribution is 2.22. The van der Waals surface area contributed by atoms with Gasteiger partial charge in [0.25, 0.3) is 5.91 Å². The number of nitrogen functional groups attached to an aromatic ring is 1. The van der Waals surface area contributed by atoms with Crippen molar-refractivity contribution in [2.24, 2.45) is 0 Å². The molecule has 0 bridgehead atoms. The Bertz CT molecular complexity index is 604. The monoisotopic (exact) mass is 325 g/mol. The Kier molecular flexibility index (Phi) is 3.84. The maximum absolute atomic E-state index is 12.0. The van der Waals surface area contributed by atoms with Crippen molar-refractivity contribution in [3.63, 3.8) is 0 Å². The molecule has 0 unspecified atom stereocenters. The van der Waals surface area contributed by atoms with Crippen LogP contribution in [0.4, 0.5) is 11.4 Å². The molecule has 1 aromatic carbocycles. The van der Waals surface area contributed by atoms with Crippen LogP contribution in [-0.4, -0.2) is 10.9 Å². The van der Waals surface area contributed by atoms with Gasteiger partial charge in [-0.05, 0) is 46.3 Å². The van der Waals surface area contributed by atoms with Crippen LogP contribution in [-0.2, 0) is 0 Å². The molecule has 0 saturated carbocycles. The lowest BCUT2D eigenvalue weighted by molar-refractivity contribution is 0.102. The molecule has 0 aliphatic carbocycles. The molecule has 1 heterocycles. The average molecular weight is 327 g/mol. The highest BCUT2D eigenvalue weighted by atomic mass is 79.9. The number of nitrogens with zero attached hydrogens (tertiary/aromatic N) is 1. The van der Waals surface area contributed by atoms with Gasteiger partial charge in [-0.2, -0.15) is 0 Å². The molecule has 0 aliphatic heterocycles. The summed E-state index contributed by atoms with van der Waals surface area (Å²) in [6.07, 6.45) is 1.62. The summed E-state index contributed by atoms with van der Waals surface area (Å²) >= 11 is 9.12. The van der Waals surface area contributed by atoms with Crippen LogP contribution in [0.5, 0.6) is 0 Å². The van der Waals surface area contributed by atoms with E-state index in [2.05, 4.69) is 26.2 Å². The molecule has 0 fully saturated rings. The number of anilines is 2. The van der Waals surface area contributed by atoms with Gasteiger partial charge in [-0.3, -0.25) is 4.79 Å². The van der Waals surface area contributed by atoms with E-state index in [1.54, 1.807) is 30.5 Å². The second-order valence-electron chi connectivity index (χ2n) is 3.53. The van der Waals surface area contributed by atoms with Crippen molar-refractivity contribution in [2.45, 2.75) is 0 Å². The number of amides is 1. The summed E-state index contributed by atoms with van der Waals surface area (Å²) in [6, 6.07) is 8.21. The molecule has 2 aromatic rings. The second-order valence-corrected chi connectivity index (χ2v) is 4.69. The highest BCUT2D eigenvalue weighted by Gasteiger charge is 2.09. The van der Waals surface area contributed by atoms with Crippen LogP contribution >= 0.6 is 27.5 Å². The van der Waals surface area contributed by atoms with E-state index < -0.39 is 0 Å². The Morgan fingerprint density at radius 2 is 2.17 bits per heavy atom. The molecule has 1 aromatic heterocycles. The molecule has 2 rings (SSSR count). The smallest absolute Gasteiger partial charge is 0.255 e. The predicted octanol–water partition coefficient (Wildman–Crippen LogP) is 3.33. The second kappa shape index (κ2) is 5.37. The van der Waals surface area contributed by atoms with E-state index in [1.807, 2.05) is 0 Å². The van der Waals surface area contributed by atoms with Crippen molar-refractivity contribution in [2.75, 3.05) is 11.1 Å². The third-order valence-electron chi connectivity index (χ3n) is 2.27. The van der Waals surface area contributed by atoms with Crippen LogP contribution < -0.4 is 11.1 Å². The topological polar surface area (TPSA) is 68.0 Å². The number of benzene rings is 1. The molecule has 18 heavy (non-hydrogen) atoms. The van der Waals surface area contributed by atoms with Crippen LogP contribution in [0.3, 0.4) is 0 Å². The fourth-order valence-corrected chi connectivity index (χ4v) is 1.87. The summed E-state index contributed by atoms with van der Waals surface area (Å²) in [5.74, 6) is -0.273. The number of carbonyl (C=O) groups is 1. The van der Waals surface area contributed by atoms with Gasteiger partial charge in [0.2, 0.25) is 0 Å². The minimum Gasteiger partial charge on any atom is -0.398 e. The van der Waals surface area contributed by atoms with Crippen LogP contribution in [0.1, 0.15) is 10.4 Å². The SMILES string of the molecule is Nc1ccc(C(=O)Nc2cccnc2Br)cc1Cl. The average Bonchev–Trinajstić information content (AvgIpc) is 2.35. The summed E-state index contributed by atoms with van der Waals surface area (Å²) in [5, 5.41) is 3.08. The fraction of sp³-hybridized carbons (Fsp3) is 0. The van der Waals surface area contributed by atoms with Crippen LogP contribution in [0.15, 0.2) is 41.1 Å². The van der Waals surface area contributed by atoms with Crippen LogP contribution in [0.2, 0.25) is 5.02 Å². The van der Waals surface area contributed by atoms with Crippen molar-refractivity contribution in [3.8, 4) is 0 Å². The van der Waals surface area contributed by atoms with Gasteiger partial charge in [-0.15, -0.1) is 0 Å². The summed E-state index contributed by atoms with van der Waals surface area (Å²) < 4.78 is 0.569. The number of pyridine rings is 1. The van der Waals surface area contributed by atoms with Gasteiger partial charge in [0.15, 0.2) is 0 Å². The van der Waals surface area contributed by atoms with E-state index in [1.165, 1.54) is 6.07 Å². The zero-order valence-corrected chi connectivity index (χ0v) is 11.5. The summed E-state index contributed by atoms with van der Waals surface area (Å²) in [6.45, 7) is 0. The van der Waals surface area contributed by atoms with E-state index in [-0.39, 0.29) is 5.91 Å². The summed E-state index contributed by atoms with van der Waals surface area (Å²) in [5.41, 5.74) is 7.05. The Balaban J connectivity index is 2.22. The molecule has 0 spiro atoms. The fourth-order valence-electron chi connectivity index (χ4n) is 1.34. The predicted molar refractivity (Wildman–Crippen MR) is 75.8 cm³/mol. The Labute approximate surface area is 117 Å². The van der Waals surface area contributed by atoms with Crippen molar-refractivity contribution in [1.29, 1.82) is 0 Å². The van der Waals surface area contributed by atoms with Crippen molar-refractivity contribution in [1.82, 2.24) is 4.98 Å². The molecule has 1 amide bonds. The zero-order valence-electron chi connectivity index (χ0n) is 9.15. The number of nitrogens with two attached hydrogens (primary N) is 1. The first-order valence-corrected chi connectivity index (χ1v) is 6.22. The lowest BCUT2D eigenvalue weighted by atomic mass is 10.2. The molecule has 6 heteroatoms. The molecule has 0 saturated heterocycles. The van der Waals surface area contributed by atoms with E-state index in [9.17, 15) is 4.79 Å². The van der Waals surface area contributed by atoms with Crippen molar-refractivity contribution in [3.05, 3.63) is 51.7 Å². The quantitative estimate of drug-likeness (QED) is 0.657. The Morgan fingerprint density at radius 3 is 2.83 bits per heavy atom. The third-order valence-corrected chi connectivity index (χ3v) is 3.23. The molecule has 0 atom stereocenters. The largest absolute Gasteiger partial charge is 0.398 e. The number of carbonyl (C=O) groups excluding carboxylic acids is 1. The van der Waals surface area contributed by atoms with E-state index in [4.69, 9.17) is 17.3 Å². The minimum absolute atomic E-state index is 0.273. The lowest BCUT2D eigenvalue weighted by Gasteiger charge is -2.07. The van der Waals surface area contributed by atoms with Gasteiger partial charge < -0.3 is 11.1 Å². The third kappa shape index (κ3) is 2.80. The Morgan fingerprint density at radius 1 is 1.39 bits per heavy atom. The molecule has 92 valence electrons. The first-order valence-electron chi connectivity index (χ1n) is 5.05. The molecular weight excluding hydrogens is 318 g/mol. The lowest BCUT2D eigenvalue weighted by Crippen LogP contribution is -2.12. The molecule has 4 nitrogen and oxygen atoms in total. The standard InChI is InChI=1S/C12H9BrClN3O/c13-11-10(2-1-5-16-11)17-12(18)7-3-4-9(15)8(14)6-7/h1-6H,15H2,(H,17,18). The van der Waals surface area contributed by atoms with Crippen LogP contribution in [0.25, 0.3) is 0 Å². The zero-order chi connectivity index (χ0) is 13.1. The number of halogens is 2. The van der Waals surface area contributed by atoms with E-state index >= 15 is 0 Å². The number of hydrogen-bond acceptors (Lipinski definition) is 3. The van der Waals surface area contributed by atoms with E-state index in [0.717, 1.165) is 0 Å². The van der Waals surface area contributed by atoms with Gasteiger partial charge in [0.05, 0.1) is 16.4 Å². The number of hydrogen-bond donors (Lipinski definition) is 2. The van der Waals surface area contributed by atoms with Gasteiger partial charge in [0, 0.05) is 11.8 Å². The number of nitrogens with one attached hydrogen (secondary N) is 1. The number of aromatic nitrogens is 1. The minimum atomic E-state index is -0.273. The first-order chi connectivity index (χ1) is 8.58. The van der Waals surface area contributed by atoms with Gasteiger partial charge in [-0.25, -0.2) is 4.98 Å². The normalized spacial score (nSPS) is 10.1. The first kappa shape index (κ1) is 12.9. The van der Waals surface area contributed by atoms with Crippen molar-refractivity contribution < 1.29 is 4.79 Å². The van der Waals surface area contributed by atoms with Crippen molar-refractivity contribution >= 4 is 44.8 Å². The summed E-state index contributed by atoms with van der Waals surface area (Å²) in [4.78, 5) is 16.0. The van der Waals surface area contributed by atoms with Gasteiger partial charge >= 0.3 is 0 Å². The Hall–Kier alpha value is -1.59. The molecule has 0 aliphatic rings. The molecular formula is C12H9BrClN3O. The highest BCUT2D eigenvalue weighted by molar-refractivity contribution is 9.10. The maximum atomic E-state index is 12.0. The summed E-state index contributed by atoms with van der Waals surface area (Å²) in [7, 11) is 0. The molecule has 0 radical (unpaired) electrons. The number of rotatable bonds is 2. The van der Waals surface area contributed by atoms with E-state index in [0.29, 0.717) is 26.6 Å². The maximum Gasteiger partial charge on any atom is 0.255 e.